The molecule has 1 heterocycles. The average Bonchev–Trinajstić information content (AvgIpc) is 2.35. The molecule has 2 aromatic rings. The Morgan fingerprint density at radius 1 is 1.33 bits per heavy atom. The van der Waals surface area contributed by atoms with Gasteiger partial charge in [0.05, 0.1) is 11.2 Å². The smallest absolute Gasteiger partial charge is 0.165 e. The fourth-order valence-corrected chi connectivity index (χ4v) is 3.74. The van der Waals surface area contributed by atoms with Gasteiger partial charge in [-0.2, -0.15) is 0 Å². The molecule has 1 aromatic heterocycles. The Hall–Kier alpha value is -1.23. The highest BCUT2D eigenvalue weighted by atomic mass is 127. The van der Waals surface area contributed by atoms with Crippen molar-refractivity contribution < 1.29 is 4.79 Å². The Morgan fingerprint density at radius 2 is 2.05 bits per heavy atom. The third-order valence-electron chi connectivity index (χ3n) is 4.05. The summed E-state index contributed by atoms with van der Waals surface area (Å²) in [7, 11) is 0. The first-order valence-electron chi connectivity index (χ1n) is 7.10. The first kappa shape index (κ1) is 14.7. The van der Waals surface area contributed by atoms with E-state index in [0.717, 1.165) is 37.7 Å². The molecular weight excluding hydrogens is 373 g/mol. The number of pyridine rings is 1. The van der Waals surface area contributed by atoms with Crippen LogP contribution in [0.5, 0.6) is 0 Å². The van der Waals surface area contributed by atoms with Crippen LogP contribution in [-0.4, -0.2) is 10.8 Å². The normalized spacial score (nSPS) is 16.9. The summed E-state index contributed by atoms with van der Waals surface area (Å²) in [5, 5.41) is 1.04. The van der Waals surface area contributed by atoms with E-state index in [-0.39, 0.29) is 11.2 Å². The number of hydrogen-bond donors (Lipinski definition) is 0. The number of benzene rings is 1. The van der Waals surface area contributed by atoms with Crippen LogP contribution in [0.25, 0.3) is 14.5 Å². The van der Waals surface area contributed by atoms with Gasteiger partial charge < -0.3 is 0 Å². The van der Waals surface area contributed by atoms with Gasteiger partial charge in [-0.1, -0.05) is 32.1 Å². The lowest BCUT2D eigenvalue weighted by Crippen LogP contribution is -2.29. The Morgan fingerprint density at radius 3 is 2.71 bits per heavy atom. The van der Waals surface area contributed by atoms with Crippen LogP contribution < -0.4 is 0 Å². The number of rotatable bonds is 1. The molecule has 0 saturated carbocycles. The first-order chi connectivity index (χ1) is 9.78. The number of carbonyl (C=O) groups excluding carboxylic acids is 1. The summed E-state index contributed by atoms with van der Waals surface area (Å²) < 4.78 is 0.912. The molecule has 0 saturated heterocycles. The summed E-state index contributed by atoms with van der Waals surface area (Å²) in [6.45, 7) is 10.4. The van der Waals surface area contributed by atoms with E-state index >= 15 is 0 Å². The molecule has 1 aliphatic carbocycles. The van der Waals surface area contributed by atoms with E-state index in [4.69, 9.17) is 4.98 Å². The fraction of sp³-hybridized carbons (Fsp3) is 0.333. The average molecular weight is 391 g/mol. The molecule has 3 heteroatoms. The number of ketones is 1. The van der Waals surface area contributed by atoms with Gasteiger partial charge in [0, 0.05) is 26.5 Å². The lowest BCUT2D eigenvalue weighted by atomic mass is 9.74. The standard InChI is InChI=1S/C18H18INO/c1-10-5-6-13-12(7-10)16(11(2)19)17-14(20-13)8-18(3,4)9-15(17)21/h5-7H,2,8-9H2,1,3-4H3. The highest BCUT2D eigenvalue weighted by Gasteiger charge is 2.34. The van der Waals surface area contributed by atoms with Crippen LogP contribution in [0.3, 0.4) is 0 Å². The van der Waals surface area contributed by atoms with E-state index in [1.54, 1.807) is 0 Å². The van der Waals surface area contributed by atoms with Gasteiger partial charge in [-0.25, -0.2) is 0 Å². The molecule has 0 spiro atoms. The number of aromatic nitrogens is 1. The molecule has 1 aromatic carbocycles. The molecule has 0 aliphatic heterocycles. The van der Waals surface area contributed by atoms with Crippen LogP contribution in [0, 0.1) is 12.3 Å². The molecule has 0 unspecified atom stereocenters. The number of nitrogens with zero attached hydrogens (tertiary/aromatic N) is 1. The van der Waals surface area contributed by atoms with E-state index in [1.807, 2.05) is 6.07 Å². The first-order valence-corrected chi connectivity index (χ1v) is 8.17. The Bertz CT molecular complexity index is 789. The maximum atomic E-state index is 12.7. The molecule has 0 amide bonds. The van der Waals surface area contributed by atoms with Gasteiger partial charge in [-0.15, -0.1) is 0 Å². The second kappa shape index (κ2) is 4.90. The van der Waals surface area contributed by atoms with E-state index in [1.165, 1.54) is 5.56 Å². The summed E-state index contributed by atoms with van der Waals surface area (Å²) in [6.07, 6.45) is 1.42. The van der Waals surface area contributed by atoms with Crippen LogP contribution in [0.1, 0.15) is 47.4 Å². The molecule has 0 N–H and O–H groups in total. The van der Waals surface area contributed by atoms with Crippen molar-refractivity contribution in [2.75, 3.05) is 0 Å². The van der Waals surface area contributed by atoms with Crippen molar-refractivity contribution in [3.8, 4) is 0 Å². The van der Waals surface area contributed by atoms with Crippen molar-refractivity contribution in [3.05, 3.63) is 47.2 Å². The van der Waals surface area contributed by atoms with Crippen molar-refractivity contribution in [2.24, 2.45) is 5.41 Å². The maximum absolute atomic E-state index is 12.7. The number of fused-ring (bicyclic) bond motifs is 2. The molecule has 0 radical (unpaired) electrons. The summed E-state index contributed by atoms with van der Waals surface area (Å²) in [6, 6.07) is 6.21. The summed E-state index contributed by atoms with van der Waals surface area (Å²) in [5.74, 6) is 0.199. The van der Waals surface area contributed by atoms with Crippen LogP contribution >= 0.6 is 22.6 Å². The van der Waals surface area contributed by atoms with E-state index in [0.29, 0.717) is 6.42 Å². The fourth-order valence-electron chi connectivity index (χ4n) is 3.18. The zero-order valence-corrected chi connectivity index (χ0v) is 14.7. The van der Waals surface area contributed by atoms with Crippen molar-refractivity contribution in [2.45, 2.75) is 33.6 Å². The summed E-state index contributed by atoms with van der Waals surface area (Å²) in [4.78, 5) is 17.5. The predicted octanol–water partition coefficient (Wildman–Crippen LogP) is 5.10. The minimum atomic E-state index is -0.0146. The Kier molecular flexibility index (Phi) is 3.43. The number of aryl methyl sites for hydroxylation is 1. The lowest BCUT2D eigenvalue weighted by molar-refractivity contribution is 0.0910. The van der Waals surface area contributed by atoms with Crippen LogP contribution in [0.15, 0.2) is 24.8 Å². The van der Waals surface area contributed by atoms with Gasteiger partial charge in [0.2, 0.25) is 0 Å². The number of halogens is 1. The summed E-state index contributed by atoms with van der Waals surface area (Å²) in [5.41, 5.74) is 4.83. The third-order valence-corrected chi connectivity index (χ3v) is 4.59. The summed E-state index contributed by atoms with van der Waals surface area (Å²) >= 11 is 2.22. The van der Waals surface area contributed by atoms with E-state index in [9.17, 15) is 4.79 Å². The van der Waals surface area contributed by atoms with Crippen LogP contribution in [0.4, 0.5) is 0 Å². The van der Waals surface area contributed by atoms with E-state index < -0.39 is 0 Å². The highest BCUT2D eigenvalue weighted by Crippen LogP contribution is 2.40. The van der Waals surface area contributed by atoms with E-state index in [2.05, 4.69) is 62.1 Å². The molecule has 0 atom stereocenters. The second-order valence-corrected chi connectivity index (χ2v) is 7.98. The maximum Gasteiger partial charge on any atom is 0.165 e. The number of carbonyl (C=O) groups is 1. The van der Waals surface area contributed by atoms with Gasteiger partial charge in [-0.3, -0.25) is 9.78 Å². The third kappa shape index (κ3) is 2.52. The monoisotopic (exact) mass is 391 g/mol. The molecule has 0 fully saturated rings. The minimum absolute atomic E-state index is 0.0146. The van der Waals surface area contributed by atoms with Crippen LogP contribution in [-0.2, 0) is 6.42 Å². The highest BCUT2D eigenvalue weighted by molar-refractivity contribution is 14.1. The molecule has 0 bridgehead atoms. The molecule has 21 heavy (non-hydrogen) atoms. The Balaban J connectivity index is 2.42. The van der Waals surface area contributed by atoms with Gasteiger partial charge in [0.25, 0.3) is 0 Å². The van der Waals surface area contributed by atoms with Gasteiger partial charge >= 0.3 is 0 Å². The molecule has 3 rings (SSSR count). The van der Waals surface area contributed by atoms with Crippen LogP contribution in [0.2, 0.25) is 0 Å². The van der Waals surface area contributed by atoms with Crippen molar-refractivity contribution in [3.63, 3.8) is 0 Å². The SMILES string of the molecule is C=C(I)c1c2c(nc3ccc(C)cc13)CC(C)(C)CC2=O. The lowest BCUT2D eigenvalue weighted by Gasteiger charge is -2.31. The Labute approximate surface area is 138 Å². The zero-order valence-electron chi connectivity index (χ0n) is 12.6. The number of Topliss-reactive ketones (excluding diaryl/α,β-unsaturated/α-hetero) is 1. The van der Waals surface area contributed by atoms with Crippen molar-refractivity contribution >= 4 is 42.9 Å². The molecule has 1 aliphatic rings. The quantitative estimate of drug-likeness (QED) is 0.633. The second-order valence-electron chi connectivity index (χ2n) is 6.67. The predicted molar refractivity (Wildman–Crippen MR) is 96.0 cm³/mol. The topological polar surface area (TPSA) is 30.0 Å². The molecule has 108 valence electrons. The minimum Gasteiger partial charge on any atom is -0.294 e. The number of hydrogen-bond acceptors (Lipinski definition) is 2. The van der Waals surface area contributed by atoms with Gasteiger partial charge in [-0.05, 0) is 53.5 Å². The molecule has 2 nitrogen and oxygen atoms in total. The zero-order chi connectivity index (χ0) is 15.4. The van der Waals surface area contributed by atoms with Crippen molar-refractivity contribution in [1.29, 1.82) is 0 Å². The largest absolute Gasteiger partial charge is 0.294 e. The van der Waals surface area contributed by atoms with Gasteiger partial charge in [0.15, 0.2) is 5.78 Å². The molecular formula is C18H18INO. The van der Waals surface area contributed by atoms with Crippen molar-refractivity contribution in [1.82, 2.24) is 4.98 Å². The van der Waals surface area contributed by atoms with Gasteiger partial charge in [0.1, 0.15) is 0 Å².